The third kappa shape index (κ3) is 4.10. The Balaban J connectivity index is 1.90. The van der Waals surface area contributed by atoms with E-state index in [1.165, 1.54) is 6.07 Å². The summed E-state index contributed by atoms with van der Waals surface area (Å²) >= 11 is 0. The van der Waals surface area contributed by atoms with Gasteiger partial charge in [0, 0.05) is 6.07 Å². The fourth-order valence-corrected chi connectivity index (χ4v) is 2.58. The second kappa shape index (κ2) is 6.95. The highest BCUT2D eigenvalue weighted by Crippen LogP contribution is 2.15. The Morgan fingerprint density at radius 1 is 1.14 bits per heavy atom. The second-order valence-corrected chi connectivity index (χ2v) is 5.65. The van der Waals surface area contributed by atoms with Gasteiger partial charge in [-0.3, -0.25) is 4.21 Å². The van der Waals surface area contributed by atoms with Crippen molar-refractivity contribution in [3.05, 3.63) is 59.7 Å². The van der Waals surface area contributed by atoms with Gasteiger partial charge in [-0.1, -0.05) is 0 Å². The number of nitrogens with zero attached hydrogens (tertiary/aromatic N) is 1. The van der Waals surface area contributed by atoms with Crippen LogP contribution in [0, 0.1) is 23.0 Å². The smallest absolute Gasteiger partial charge is 0.142 e. The van der Waals surface area contributed by atoms with E-state index in [0.717, 1.165) is 6.07 Å². The van der Waals surface area contributed by atoms with Crippen LogP contribution in [0.2, 0.25) is 0 Å². The Labute approximate surface area is 123 Å². The molecule has 0 radical (unpaired) electrons. The highest BCUT2D eigenvalue weighted by molar-refractivity contribution is 7.85. The molecule has 0 aliphatic rings. The Morgan fingerprint density at radius 3 is 2.48 bits per heavy atom. The molecule has 0 heterocycles. The fourth-order valence-electron chi connectivity index (χ4n) is 1.63. The van der Waals surface area contributed by atoms with Gasteiger partial charge in [0.2, 0.25) is 0 Å². The molecule has 2 rings (SSSR count). The molecule has 0 saturated heterocycles. The van der Waals surface area contributed by atoms with E-state index in [4.69, 9.17) is 10.00 Å². The Kier molecular flexibility index (Phi) is 5.01. The van der Waals surface area contributed by atoms with Crippen LogP contribution < -0.4 is 4.74 Å². The SMILES string of the molecule is N#Cc1ccc(OCCS(=O)c2ccc(F)cc2F)cc1. The normalized spacial score (nSPS) is 11.7. The zero-order valence-corrected chi connectivity index (χ0v) is 11.7. The maximum atomic E-state index is 13.4. The van der Waals surface area contributed by atoms with Crippen LogP contribution in [0.3, 0.4) is 0 Å². The van der Waals surface area contributed by atoms with Crippen molar-refractivity contribution in [1.29, 1.82) is 5.26 Å². The number of rotatable bonds is 5. The molecule has 6 heteroatoms. The number of halogens is 2. The lowest BCUT2D eigenvalue weighted by molar-refractivity contribution is 0.342. The molecule has 0 amide bonds. The van der Waals surface area contributed by atoms with Gasteiger partial charge in [-0.25, -0.2) is 8.78 Å². The van der Waals surface area contributed by atoms with Crippen LogP contribution in [0.15, 0.2) is 47.4 Å². The van der Waals surface area contributed by atoms with E-state index in [0.29, 0.717) is 17.4 Å². The van der Waals surface area contributed by atoms with E-state index in [9.17, 15) is 13.0 Å². The molecule has 3 nitrogen and oxygen atoms in total. The summed E-state index contributed by atoms with van der Waals surface area (Å²) in [6, 6.07) is 11.4. The number of hydrogen-bond acceptors (Lipinski definition) is 3. The number of nitriles is 1. The molecule has 21 heavy (non-hydrogen) atoms. The van der Waals surface area contributed by atoms with Crippen molar-refractivity contribution in [2.24, 2.45) is 0 Å². The minimum atomic E-state index is -1.60. The predicted molar refractivity (Wildman–Crippen MR) is 74.3 cm³/mol. The molecule has 0 fully saturated rings. The lowest BCUT2D eigenvalue weighted by Crippen LogP contribution is -2.10. The van der Waals surface area contributed by atoms with Gasteiger partial charge in [0.15, 0.2) is 0 Å². The lowest BCUT2D eigenvalue weighted by Gasteiger charge is -2.07. The van der Waals surface area contributed by atoms with Crippen molar-refractivity contribution in [3.63, 3.8) is 0 Å². The van der Waals surface area contributed by atoms with Crippen LogP contribution in [-0.4, -0.2) is 16.6 Å². The van der Waals surface area contributed by atoms with Crippen molar-refractivity contribution in [3.8, 4) is 11.8 Å². The highest BCUT2D eigenvalue weighted by atomic mass is 32.2. The third-order valence-electron chi connectivity index (χ3n) is 2.66. The molecule has 1 atom stereocenters. The van der Waals surface area contributed by atoms with E-state index < -0.39 is 22.4 Å². The molecule has 108 valence electrons. The summed E-state index contributed by atoms with van der Waals surface area (Å²) in [5, 5.41) is 8.66. The first-order valence-corrected chi connectivity index (χ1v) is 7.38. The zero-order valence-electron chi connectivity index (χ0n) is 10.9. The summed E-state index contributed by atoms with van der Waals surface area (Å²) in [7, 11) is -1.60. The van der Waals surface area contributed by atoms with Crippen molar-refractivity contribution < 1.29 is 17.7 Å². The molecule has 0 aliphatic carbocycles. The summed E-state index contributed by atoms with van der Waals surface area (Å²) in [5.41, 5.74) is 0.513. The fraction of sp³-hybridized carbons (Fsp3) is 0.133. The van der Waals surface area contributed by atoms with Crippen LogP contribution in [-0.2, 0) is 10.8 Å². The van der Waals surface area contributed by atoms with Crippen LogP contribution in [0.4, 0.5) is 8.78 Å². The van der Waals surface area contributed by atoms with Crippen molar-refractivity contribution in [2.45, 2.75) is 4.90 Å². The molecule has 0 spiro atoms. The van der Waals surface area contributed by atoms with E-state index in [1.807, 2.05) is 6.07 Å². The molecule has 1 unspecified atom stereocenters. The Hall–Kier alpha value is -2.26. The van der Waals surface area contributed by atoms with Crippen LogP contribution in [0.5, 0.6) is 5.75 Å². The van der Waals surface area contributed by atoms with Crippen molar-refractivity contribution in [1.82, 2.24) is 0 Å². The first-order chi connectivity index (χ1) is 10.1. The second-order valence-electron chi connectivity index (χ2n) is 4.11. The van der Waals surface area contributed by atoms with Gasteiger partial charge in [-0.15, -0.1) is 0 Å². The number of ether oxygens (including phenoxy) is 1. The number of benzene rings is 2. The molecule has 2 aromatic carbocycles. The summed E-state index contributed by atoms with van der Waals surface area (Å²) in [6.07, 6.45) is 0. The lowest BCUT2D eigenvalue weighted by atomic mass is 10.2. The van der Waals surface area contributed by atoms with E-state index in [-0.39, 0.29) is 17.3 Å². The molecular formula is C15H11F2NO2S. The monoisotopic (exact) mass is 307 g/mol. The first-order valence-electron chi connectivity index (χ1n) is 6.06. The summed E-state index contributed by atoms with van der Waals surface area (Å²) in [5.74, 6) is -0.915. The van der Waals surface area contributed by atoms with Gasteiger partial charge in [0.25, 0.3) is 0 Å². The van der Waals surface area contributed by atoms with Crippen molar-refractivity contribution >= 4 is 10.8 Å². The van der Waals surface area contributed by atoms with Crippen LogP contribution >= 0.6 is 0 Å². The molecule has 0 bridgehead atoms. The maximum absolute atomic E-state index is 13.4. The minimum Gasteiger partial charge on any atom is -0.493 e. The Bertz CT molecular complexity index is 696. The highest BCUT2D eigenvalue weighted by Gasteiger charge is 2.11. The van der Waals surface area contributed by atoms with Gasteiger partial charge in [0.05, 0.1) is 33.1 Å². The van der Waals surface area contributed by atoms with Gasteiger partial charge in [-0.2, -0.15) is 5.26 Å². The topological polar surface area (TPSA) is 50.1 Å². The quantitative estimate of drug-likeness (QED) is 0.853. The van der Waals surface area contributed by atoms with Gasteiger partial charge in [0.1, 0.15) is 24.0 Å². The zero-order chi connectivity index (χ0) is 15.2. The molecule has 0 aromatic heterocycles. The van der Waals surface area contributed by atoms with Gasteiger partial charge < -0.3 is 4.74 Å². The first kappa shape index (κ1) is 15.1. The maximum Gasteiger partial charge on any atom is 0.142 e. The molecule has 0 aliphatic heterocycles. The van der Waals surface area contributed by atoms with Crippen molar-refractivity contribution in [2.75, 3.05) is 12.4 Å². The predicted octanol–water partition coefficient (Wildman–Crippen LogP) is 3.02. The van der Waals surface area contributed by atoms with E-state index in [1.54, 1.807) is 24.3 Å². The summed E-state index contributed by atoms with van der Waals surface area (Å²) in [6.45, 7) is 0.120. The van der Waals surface area contributed by atoms with Gasteiger partial charge in [-0.05, 0) is 36.4 Å². The molecular weight excluding hydrogens is 296 g/mol. The van der Waals surface area contributed by atoms with Gasteiger partial charge >= 0.3 is 0 Å². The summed E-state index contributed by atoms with van der Waals surface area (Å²) in [4.78, 5) is -0.0418. The average Bonchev–Trinajstić information content (AvgIpc) is 2.47. The molecule has 0 N–H and O–H groups in total. The standard InChI is InChI=1S/C15H11F2NO2S/c16-12-3-6-15(14(17)9-12)21(19)8-7-20-13-4-1-11(10-18)2-5-13/h1-6,9H,7-8H2. The van der Waals surface area contributed by atoms with Crippen LogP contribution in [0.25, 0.3) is 0 Å². The van der Waals surface area contributed by atoms with E-state index in [2.05, 4.69) is 0 Å². The minimum absolute atomic E-state index is 0.0418. The number of hydrogen-bond donors (Lipinski definition) is 0. The van der Waals surface area contributed by atoms with E-state index >= 15 is 0 Å². The summed E-state index contributed by atoms with van der Waals surface area (Å²) < 4.78 is 43.4. The third-order valence-corrected chi connectivity index (χ3v) is 4.02. The molecule has 2 aromatic rings. The average molecular weight is 307 g/mol. The Morgan fingerprint density at radius 2 is 1.86 bits per heavy atom. The van der Waals surface area contributed by atoms with Crippen LogP contribution in [0.1, 0.15) is 5.56 Å². The molecule has 0 saturated carbocycles. The largest absolute Gasteiger partial charge is 0.493 e.